The highest BCUT2D eigenvalue weighted by molar-refractivity contribution is 5.88. The summed E-state index contributed by atoms with van der Waals surface area (Å²) in [5.74, 6) is 0.0831. The van der Waals surface area contributed by atoms with Crippen molar-refractivity contribution in [2.75, 3.05) is 12.4 Å². The van der Waals surface area contributed by atoms with E-state index >= 15 is 0 Å². The summed E-state index contributed by atoms with van der Waals surface area (Å²) in [7, 11) is 3.41. The van der Waals surface area contributed by atoms with Crippen LogP contribution in [-0.2, 0) is 29.7 Å². The van der Waals surface area contributed by atoms with Gasteiger partial charge in [0.1, 0.15) is 23.8 Å². The molecule has 168 valence electrons. The highest BCUT2D eigenvalue weighted by Gasteiger charge is 2.14. The number of amides is 1. The van der Waals surface area contributed by atoms with E-state index in [0.29, 0.717) is 29.2 Å². The van der Waals surface area contributed by atoms with E-state index in [-0.39, 0.29) is 13.0 Å². The van der Waals surface area contributed by atoms with Gasteiger partial charge < -0.3 is 19.9 Å². The van der Waals surface area contributed by atoms with Crippen molar-refractivity contribution in [1.82, 2.24) is 9.78 Å². The molecule has 1 heterocycles. The van der Waals surface area contributed by atoms with Gasteiger partial charge >= 0.3 is 5.97 Å². The number of benzene rings is 3. The lowest BCUT2D eigenvalue weighted by atomic mass is 10.0. The summed E-state index contributed by atoms with van der Waals surface area (Å²) >= 11 is 0. The van der Waals surface area contributed by atoms with Crippen LogP contribution in [0, 0.1) is 0 Å². The Morgan fingerprint density at radius 2 is 1.94 bits per heavy atom. The Morgan fingerprint density at radius 1 is 1.12 bits per heavy atom. The van der Waals surface area contributed by atoms with E-state index in [1.807, 2.05) is 49.5 Å². The molecule has 0 bridgehead atoms. The molecule has 0 fully saturated rings. The molecule has 4 aromatic rings. The first-order valence-corrected chi connectivity index (χ1v) is 10.3. The molecule has 8 heteroatoms. The van der Waals surface area contributed by atoms with Crippen molar-refractivity contribution in [2.45, 2.75) is 13.0 Å². The highest BCUT2D eigenvalue weighted by Crippen LogP contribution is 2.30. The maximum Gasteiger partial charge on any atom is 0.307 e. The predicted octanol–water partition coefficient (Wildman–Crippen LogP) is 4.02. The van der Waals surface area contributed by atoms with E-state index < -0.39 is 5.97 Å². The van der Waals surface area contributed by atoms with Crippen LogP contribution >= 0.6 is 0 Å². The van der Waals surface area contributed by atoms with Crippen LogP contribution in [0.5, 0.6) is 11.5 Å². The van der Waals surface area contributed by atoms with Crippen LogP contribution in [0.4, 0.5) is 5.69 Å². The third-order valence-electron chi connectivity index (χ3n) is 5.33. The Hall–Kier alpha value is -4.33. The lowest BCUT2D eigenvalue weighted by Crippen LogP contribution is -2.05. The largest absolute Gasteiger partial charge is 0.497 e. The Morgan fingerprint density at radius 3 is 2.70 bits per heavy atom. The average molecular weight is 445 g/mol. The van der Waals surface area contributed by atoms with E-state index in [1.165, 1.54) is 0 Å². The monoisotopic (exact) mass is 445 g/mol. The van der Waals surface area contributed by atoms with Crippen molar-refractivity contribution in [1.29, 1.82) is 0 Å². The molecule has 0 saturated heterocycles. The molecule has 0 aliphatic carbocycles. The standard InChI is InChI=1S/C25H23N3O5/c1-28-23-9-7-17(16-4-3-5-19(10-16)26-15-29)11-21(23)22(27-28)14-33-24-13-20(32-2)8-6-18(24)12-25(30)31/h3-11,13,15H,12,14H2,1-2H3,(H,26,29)(H,30,31). The van der Waals surface area contributed by atoms with Gasteiger partial charge in [-0.25, -0.2) is 0 Å². The number of hydrogen-bond acceptors (Lipinski definition) is 5. The number of nitrogens with zero attached hydrogens (tertiary/aromatic N) is 2. The summed E-state index contributed by atoms with van der Waals surface area (Å²) in [6.45, 7) is 0.160. The number of aliphatic carboxylic acids is 1. The number of aromatic nitrogens is 2. The zero-order chi connectivity index (χ0) is 23.4. The Bertz CT molecular complexity index is 1330. The van der Waals surface area contributed by atoms with E-state index in [1.54, 1.807) is 30.0 Å². The number of anilines is 1. The minimum Gasteiger partial charge on any atom is -0.497 e. The Labute approximate surface area is 190 Å². The van der Waals surface area contributed by atoms with Gasteiger partial charge in [0.25, 0.3) is 0 Å². The maximum atomic E-state index is 11.2. The molecule has 4 rings (SSSR count). The van der Waals surface area contributed by atoms with Crippen LogP contribution in [0.1, 0.15) is 11.3 Å². The van der Waals surface area contributed by atoms with Gasteiger partial charge in [0.15, 0.2) is 0 Å². The van der Waals surface area contributed by atoms with Crippen molar-refractivity contribution >= 4 is 29.0 Å². The second-order valence-corrected chi connectivity index (χ2v) is 7.48. The van der Waals surface area contributed by atoms with Crippen LogP contribution in [0.15, 0.2) is 60.7 Å². The average Bonchev–Trinajstić information content (AvgIpc) is 3.13. The SMILES string of the molecule is COc1ccc(CC(=O)O)c(OCc2nn(C)c3ccc(-c4cccc(NC=O)c4)cc23)c1. The summed E-state index contributed by atoms with van der Waals surface area (Å²) in [6, 6.07) is 18.7. The van der Waals surface area contributed by atoms with Gasteiger partial charge in [-0.2, -0.15) is 5.10 Å². The molecule has 2 N–H and O–H groups in total. The molecule has 0 atom stereocenters. The van der Waals surface area contributed by atoms with E-state index in [0.717, 1.165) is 27.7 Å². The molecule has 0 aliphatic heterocycles. The van der Waals surface area contributed by atoms with E-state index in [2.05, 4.69) is 10.4 Å². The van der Waals surface area contributed by atoms with Gasteiger partial charge in [0.05, 0.1) is 19.0 Å². The van der Waals surface area contributed by atoms with E-state index in [9.17, 15) is 14.7 Å². The molecule has 33 heavy (non-hydrogen) atoms. The van der Waals surface area contributed by atoms with Gasteiger partial charge in [-0.1, -0.05) is 24.3 Å². The fourth-order valence-electron chi connectivity index (χ4n) is 3.73. The molecule has 0 aliphatic rings. The zero-order valence-electron chi connectivity index (χ0n) is 18.2. The molecule has 1 amide bonds. The van der Waals surface area contributed by atoms with Gasteiger partial charge in [-0.15, -0.1) is 0 Å². The third-order valence-corrected chi connectivity index (χ3v) is 5.33. The number of carbonyl (C=O) groups excluding carboxylic acids is 1. The molecule has 0 saturated carbocycles. The first-order valence-electron chi connectivity index (χ1n) is 10.3. The first kappa shape index (κ1) is 21.9. The number of methoxy groups -OCH3 is 1. The molecule has 3 aromatic carbocycles. The van der Waals surface area contributed by atoms with Crippen LogP contribution < -0.4 is 14.8 Å². The normalized spacial score (nSPS) is 10.7. The maximum absolute atomic E-state index is 11.2. The van der Waals surface area contributed by atoms with Gasteiger partial charge in [0, 0.05) is 29.8 Å². The van der Waals surface area contributed by atoms with Crippen molar-refractivity contribution < 1.29 is 24.2 Å². The lowest BCUT2D eigenvalue weighted by Gasteiger charge is -2.11. The summed E-state index contributed by atoms with van der Waals surface area (Å²) in [5, 5.41) is 17.4. The predicted molar refractivity (Wildman–Crippen MR) is 125 cm³/mol. The number of carbonyl (C=O) groups is 2. The third kappa shape index (κ3) is 4.79. The Balaban J connectivity index is 1.67. The Kier molecular flexibility index (Phi) is 6.26. The fourth-order valence-corrected chi connectivity index (χ4v) is 3.73. The van der Waals surface area contributed by atoms with Crippen LogP contribution in [0.3, 0.4) is 0 Å². The quantitative estimate of drug-likeness (QED) is 0.377. The summed E-state index contributed by atoms with van der Waals surface area (Å²) in [4.78, 5) is 22.0. The topological polar surface area (TPSA) is 103 Å². The number of hydrogen-bond donors (Lipinski definition) is 2. The van der Waals surface area contributed by atoms with Crippen LogP contribution in [-0.4, -0.2) is 34.4 Å². The lowest BCUT2D eigenvalue weighted by molar-refractivity contribution is -0.136. The molecule has 0 unspecified atom stereocenters. The molecule has 0 spiro atoms. The summed E-state index contributed by atoms with van der Waals surface area (Å²) in [6.07, 6.45) is 0.494. The van der Waals surface area contributed by atoms with Gasteiger partial charge in [-0.3, -0.25) is 14.3 Å². The number of carboxylic acids is 1. The van der Waals surface area contributed by atoms with Crippen molar-refractivity contribution in [3.8, 4) is 22.6 Å². The number of nitrogens with one attached hydrogen (secondary N) is 1. The molecule has 8 nitrogen and oxygen atoms in total. The number of fused-ring (bicyclic) bond motifs is 1. The minimum atomic E-state index is -0.941. The van der Waals surface area contributed by atoms with Gasteiger partial charge in [0.2, 0.25) is 6.41 Å². The minimum absolute atomic E-state index is 0.155. The van der Waals surface area contributed by atoms with E-state index in [4.69, 9.17) is 9.47 Å². The zero-order valence-corrected chi connectivity index (χ0v) is 18.2. The number of rotatable bonds is 9. The number of aryl methyl sites for hydroxylation is 1. The molecule has 0 radical (unpaired) electrons. The van der Waals surface area contributed by atoms with Crippen LogP contribution in [0.2, 0.25) is 0 Å². The highest BCUT2D eigenvalue weighted by atomic mass is 16.5. The second-order valence-electron chi connectivity index (χ2n) is 7.48. The molecule has 1 aromatic heterocycles. The van der Waals surface area contributed by atoms with Crippen LogP contribution in [0.25, 0.3) is 22.0 Å². The summed E-state index contributed by atoms with van der Waals surface area (Å²) in [5.41, 5.74) is 4.86. The number of carboxylic acid groups (broad SMARTS) is 1. The van der Waals surface area contributed by atoms with Crippen molar-refractivity contribution in [2.24, 2.45) is 7.05 Å². The smallest absolute Gasteiger partial charge is 0.307 e. The first-order chi connectivity index (χ1) is 16.0. The fraction of sp³-hybridized carbons (Fsp3) is 0.160. The van der Waals surface area contributed by atoms with Crippen molar-refractivity contribution in [3.05, 3.63) is 71.9 Å². The second kappa shape index (κ2) is 9.44. The summed E-state index contributed by atoms with van der Waals surface area (Å²) < 4.78 is 13.1. The molecular weight excluding hydrogens is 422 g/mol. The van der Waals surface area contributed by atoms with Gasteiger partial charge in [-0.05, 0) is 41.5 Å². The molecular formula is C25H23N3O5. The number of ether oxygens (including phenoxy) is 2. The van der Waals surface area contributed by atoms with Crippen molar-refractivity contribution in [3.63, 3.8) is 0 Å².